The molecule has 2 rings (SSSR count). The van der Waals surface area contributed by atoms with E-state index in [0.717, 1.165) is 42.6 Å². The van der Waals surface area contributed by atoms with Crippen molar-refractivity contribution in [1.29, 1.82) is 0 Å². The average Bonchev–Trinajstić information content (AvgIpc) is 2.44. The van der Waals surface area contributed by atoms with Crippen LogP contribution in [0.3, 0.4) is 0 Å². The van der Waals surface area contributed by atoms with Gasteiger partial charge in [0.25, 0.3) is 5.91 Å². The van der Waals surface area contributed by atoms with Crippen LogP contribution in [0.5, 0.6) is 0 Å². The molecule has 1 saturated heterocycles. The van der Waals surface area contributed by atoms with Gasteiger partial charge in [0.1, 0.15) is 0 Å². The lowest BCUT2D eigenvalue weighted by molar-refractivity contribution is 0.0999. The molecule has 1 aromatic rings. The number of carbonyl (C=O) groups is 1. The third-order valence-corrected chi connectivity index (χ3v) is 4.31. The highest BCUT2D eigenvalue weighted by Gasteiger charge is 2.23. The van der Waals surface area contributed by atoms with Crippen molar-refractivity contribution in [3.63, 3.8) is 0 Å². The van der Waals surface area contributed by atoms with Gasteiger partial charge in [-0.15, -0.1) is 0 Å². The fourth-order valence-electron chi connectivity index (χ4n) is 3.17. The van der Waals surface area contributed by atoms with Gasteiger partial charge in [-0.25, -0.2) is 0 Å². The summed E-state index contributed by atoms with van der Waals surface area (Å²) < 4.78 is 0. The molecule has 5 heteroatoms. The number of aryl methyl sites for hydroxylation is 2. The molecule has 0 unspecified atom stereocenters. The number of hydrogen-bond acceptors (Lipinski definition) is 4. The first-order valence-electron chi connectivity index (χ1n) is 7.70. The molecule has 1 fully saturated rings. The van der Waals surface area contributed by atoms with E-state index in [0.29, 0.717) is 5.56 Å². The van der Waals surface area contributed by atoms with Crippen molar-refractivity contribution in [2.75, 3.05) is 31.6 Å². The summed E-state index contributed by atoms with van der Waals surface area (Å²) in [6.45, 7) is 6.86. The Kier molecular flexibility index (Phi) is 5.17. The summed E-state index contributed by atoms with van der Waals surface area (Å²) in [6, 6.07) is 1.99. The second-order valence-electron chi connectivity index (χ2n) is 5.93. The van der Waals surface area contributed by atoms with Gasteiger partial charge in [0.05, 0.1) is 16.9 Å². The van der Waals surface area contributed by atoms with Gasteiger partial charge in [-0.2, -0.15) is 0 Å². The molecule has 0 aromatic carbocycles. The van der Waals surface area contributed by atoms with Gasteiger partial charge in [0.15, 0.2) is 0 Å². The summed E-state index contributed by atoms with van der Waals surface area (Å²) in [4.78, 5) is 18.4. The number of pyridine rings is 1. The topological polar surface area (TPSA) is 71.2 Å². The normalized spacial score (nSPS) is 16.2. The van der Waals surface area contributed by atoms with Crippen molar-refractivity contribution in [2.24, 2.45) is 11.7 Å². The Morgan fingerprint density at radius 2 is 2.10 bits per heavy atom. The summed E-state index contributed by atoms with van der Waals surface area (Å²) in [5.41, 5.74) is 8.75. The molecule has 1 aliphatic rings. The first-order chi connectivity index (χ1) is 10.0. The summed E-state index contributed by atoms with van der Waals surface area (Å²) in [6.07, 6.45) is 3.56. The van der Waals surface area contributed by atoms with Crippen molar-refractivity contribution in [1.82, 2.24) is 10.3 Å². The van der Waals surface area contributed by atoms with Gasteiger partial charge in [0, 0.05) is 18.8 Å². The largest absolute Gasteiger partial charge is 0.371 e. The molecule has 1 amide bonds. The molecule has 0 bridgehead atoms. The van der Waals surface area contributed by atoms with Crippen LogP contribution in [0.2, 0.25) is 0 Å². The number of aromatic nitrogens is 1. The van der Waals surface area contributed by atoms with Crippen LogP contribution < -0.4 is 16.0 Å². The third kappa shape index (κ3) is 3.73. The first kappa shape index (κ1) is 15.8. The Morgan fingerprint density at radius 3 is 2.67 bits per heavy atom. The zero-order valence-electron chi connectivity index (χ0n) is 13.3. The monoisotopic (exact) mass is 290 g/mol. The average molecular weight is 290 g/mol. The van der Waals surface area contributed by atoms with E-state index in [1.807, 2.05) is 27.0 Å². The predicted octanol–water partition coefficient (Wildman–Crippen LogP) is 1.62. The maximum Gasteiger partial charge on any atom is 0.252 e. The number of amides is 1. The molecular weight excluding hydrogens is 264 g/mol. The smallest absolute Gasteiger partial charge is 0.252 e. The molecule has 0 saturated carbocycles. The summed E-state index contributed by atoms with van der Waals surface area (Å²) in [5.74, 6) is 0.391. The molecule has 116 valence electrons. The van der Waals surface area contributed by atoms with E-state index in [-0.39, 0.29) is 5.91 Å². The van der Waals surface area contributed by atoms with Crippen molar-refractivity contribution in [3.8, 4) is 0 Å². The number of hydrogen-bond donors (Lipinski definition) is 2. The summed E-state index contributed by atoms with van der Waals surface area (Å²) >= 11 is 0. The van der Waals surface area contributed by atoms with Gasteiger partial charge in [-0.05, 0) is 58.7 Å². The van der Waals surface area contributed by atoms with Crippen LogP contribution in [0.1, 0.15) is 41.0 Å². The van der Waals surface area contributed by atoms with Crippen LogP contribution in [0.25, 0.3) is 0 Å². The highest BCUT2D eigenvalue weighted by molar-refractivity contribution is 5.99. The molecule has 5 nitrogen and oxygen atoms in total. The summed E-state index contributed by atoms with van der Waals surface area (Å²) in [7, 11) is 2.00. The second-order valence-corrected chi connectivity index (χ2v) is 5.93. The van der Waals surface area contributed by atoms with Gasteiger partial charge in [0.2, 0.25) is 0 Å². The summed E-state index contributed by atoms with van der Waals surface area (Å²) in [5, 5.41) is 3.21. The van der Waals surface area contributed by atoms with E-state index in [1.165, 1.54) is 19.3 Å². The van der Waals surface area contributed by atoms with E-state index < -0.39 is 0 Å². The zero-order chi connectivity index (χ0) is 15.4. The van der Waals surface area contributed by atoms with Crippen LogP contribution in [-0.2, 0) is 0 Å². The van der Waals surface area contributed by atoms with E-state index in [2.05, 4.69) is 15.2 Å². The second kappa shape index (κ2) is 6.89. The fourth-order valence-corrected chi connectivity index (χ4v) is 3.17. The molecule has 0 aliphatic carbocycles. The van der Waals surface area contributed by atoms with E-state index in [9.17, 15) is 4.79 Å². The van der Waals surface area contributed by atoms with Gasteiger partial charge >= 0.3 is 0 Å². The number of nitrogens with two attached hydrogens (primary N) is 1. The Hall–Kier alpha value is -1.62. The first-order valence-corrected chi connectivity index (χ1v) is 7.70. The number of piperidine rings is 1. The highest BCUT2D eigenvalue weighted by Crippen LogP contribution is 2.29. The minimum absolute atomic E-state index is 0.382. The van der Waals surface area contributed by atoms with Crippen molar-refractivity contribution >= 4 is 11.6 Å². The number of rotatable bonds is 5. The lowest BCUT2D eigenvalue weighted by Gasteiger charge is -2.35. The van der Waals surface area contributed by atoms with Crippen LogP contribution in [-0.4, -0.2) is 37.6 Å². The number of nitrogens with one attached hydrogen (secondary N) is 1. The quantitative estimate of drug-likeness (QED) is 0.864. The number of primary amides is 1. The Labute approximate surface area is 126 Å². The molecule has 0 atom stereocenters. The van der Waals surface area contributed by atoms with Gasteiger partial charge in [-0.1, -0.05) is 0 Å². The zero-order valence-corrected chi connectivity index (χ0v) is 13.3. The van der Waals surface area contributed by atoms with E-state index in [1.54, 1.807) is 0 Å². The minimum atomic E-state index is -0.382. The van der Waals surface area contributed by atoms with Crippen LogP contribution in [0, 0.1) is 19.8 Å². The molecule has 3 N–H and O–H groups in total. The Balaban J connectivity index is 2.14. The van der Waals surface area contributed by atoms with E-state index in [4.69, 9.17) is 5.73 Å². The maximum absolute atomic E-state index is 11.7. The Morgan fingerprint density at radius 1 is 1.43 bits per heavy atom. The lowest BCUT2D eigenvalue weighted by atomic mass is 9.92. The standard InChI is InChI=1S/C16H26N4O/c1-11-10-14(15(16(17)21)12(2)19-11)20-8-5-13(6-9-20)4-7-18-3/h10,13,18H,4-9H2,1-3H3,(H2,17,21). The third-order valence-electron chi connectivity index (χ3n) is 4.31. The fraction of sp³-hybridized carbons (Fsp3) is 0.625. The molecule has 0 spiro atoms. The lowest BCUT2D eigenvalue weighted by Crippen LogP contribution is -2.36. The van der Waals surface area contributed by atoms with Crippen molar-refractivity contribution < 1.29 is 4.79 Å². The van der Waals surface area contributed by atoms with Crippen LogP contribution >= 0.6 is 0 Å². The van der Waals surface area contributed by atoms with Crippen molar-refractivity contribution in [3.05, 3.63) is 23.0 Å². The molecule has 21 heavy (non-hydrogen) atoms. The van der Waals surface area contributed by atoms with Crippen LogP contribution in [0.15, 0.2) is 6.07 Å². The van der Waals surface area contributed by atoms with Gasteiger partial charge in [-0.3, -0.25) is 9.78 Å². The molecular formula is C16H26N4O. The minimum Gasteiger partial charge on any atom is -0.371 e. The predicted molar refractivity (Wildman–Crippen MR) is 85.7 cm³/mol. The Bertz CT molecular complexity index is 507. The van der Waals surface area contributed by atoms with Crippen LogP contribution in [0.4, 0.5) is 5.69 Å². The highest BCUT2D eigenvalue weighted by atomic mass is 16.1. The molecule has 1 aliphatic heterocycles. The molecule has 1 aromatic heterocycles. The molecule has 2 heterocycles. The van der Waals surface area contributed by atoms with Gasteiger partial charge < -0.3 is 16.0 Å². The van der Waals surface area contributed by atoms with E-state index >= 15 is 0 Å². The molecule has 0 radical (unpaired) electrons. The number of carbonyl (C=O) groups excluding carboxylic acids is 1. The maximum atomic E-state index is 11.7. The number of anilines is 1. The van der Waals surface area contributed by atoms with Crippen molar-refractivity contribution in [2.45, 2.75) is 33.1 Å². The SMILES string of the molecule is CNCCC1CCN(c2cc(C)nc(C)c2C(N)=O)CC1. The number of nitrogens with zero attached hydrogens (tertiary/aromatic N) is 2.